The maximum Gasteiger partial charge on any atom is 0.279 e. The standard InChI is InChI=1S/C27H28N4O/c1-20-25(21(2)31(29-20)23-14-8-5-9-15-23)18-30(3)19-27(32)28-26-17-11-10-16-24(26)22-12-6-4-7-13-22/h4-17H,18-19H2,1-3H3,(H,28,32)/p+1. The first-order chi connectivity index (χ1) is 15.5. The molecule has 4 rings (SSSR count). The second-order valence-corrected chi connectivity index (χ2v) is 8.17. The number of amides is 1. The largest absolute Gasteiger partial charge is 0.326 e. The monoisotopic (exact) mass is 425 g/mol. The van der Waals surface area contributed by atoms with Gasteiger partial charge in [-0.2, -0.15) is 5.10 Å². The van der Waals surface area contributed by atoms with E-state index in [1.54, 1.807) is 0 Å². The molecule has 1 aromatic heterocycles. The van der Waals surface area contributed by atoms with Crippen LogP contribution in [0.25, 0.3) is 16.8 Å². The van der Waals surface area contributed by atoms with Gasteiger partial charge in [-0.3, -0.25) is 4.79 Å². The van der Waals surface area contributed by atoms with E-state index in [9.17, 15) is 4.79 Å². The minimum absolute atomic E-state index is 0.00311. The van der Waals surface area contributed by atoms with Gasteiger partial charge >= 0.3 is 0 Å². The van der Waals surface area contributed by atoms with E-state index in [0.717, 1.165) is 45.3 Å². The lowest BCUT2D eigenvalue weighted by atomic mass is 10.0. The van der Waals surface area contributed by atoms with E-state index in [0.29, 0.717) is 6.54 Å². The van der Waals surface area contributed by atoms with Crippen LogP contribution in [0.15, 0.2) is 84.9 Å². The Morgan fingerprint density at radius 3 is 2.25 bits per heavy atom. The Bertz CT molecular complexity index is 1200. The number of likely N-dealkylation sites (N-methyl/N-ethyl adjacent to an activating group) is 1. The Balaban J connectivity index is 1.45. The Morgan fingerprint density at radius 2 is 1.53 bits per heavy atom. The van der Waals surface area contributed by atoms with Crippen LogP contribution < -0.4 is 10.2 Å². The minimum Gasteiger partial charge on any atom is -0.326 e. The van der Waals surface area contributed by atoms with Gasteiger partial charge in [0.15, 0.2) is 6.54 Å². The van der Waals surface area contributed by atoms with Crippen molar-refractivity contribution in [3.05, 3.63) is 102 Å². The molecule has 1 unspecified atom stereocenters. The topological polar surface area (TPSA) is 51.4 Å². The molecule has 2 N–H and O–H groups in total. The number of nitrogens with zero attached hydrogens (tertiary/aromatic N) is 2. The molecule has 0 aliphatic carbocycles. The van der Waals surface area contributed by atoms with Crippen LogP contribution in [0.1, 0.15) is 17.0 Å². The lowest BCUT2D eigenvalue weighted by molar-refractivity contribution is -0.885. The zero-order valence-corrected chi connectivity index (χ0v) is 18.8. The van der Waals surface area contributed by atoms with E-state index in [1.807, 2.05) is 79.3 Å². The molecule has 5 nitrogen and oxygen atoms in total. The minimum atomic E-state index is -0.00311. The number of nitrogens with one attached hydrogen (secondary N) is 2. The van der Waals surface area contributed by atoms with Crippen molar-refractivity contribution in [3.8, 4) is 16.8 Å². The van der Waals surface area contributed by atoms with Gasteiger partial charge in [0.25, 0.3) is 5.91 Å². The molecule has 1 amide bonds. The van der Waals surface area contributed by atoms with E-state index < -0.39 is 0 Å². The van der Waals surface area contributed by atoms with Gasteiger partial charge in [0.2, 0.25) is 0 Å². The number of aryl methyl sites for hydroxylation is 1. The van der Waals surface area contributed by atoms with Gasteiger partial charge in [0.05, 0.1) is 29.7 Å². The highest BCUT2D eigenvalue weighted by Crippen LogP contribution is 2.27. The summed E-state index contributed by atoms with van der Waals surface area (Å²) in [6.07, 6.45) is 0. The molecule has 0 saturated heterocycles. The molecule has 32 heavy (non-hydrogen) atoms. The number of hydrogen-bond donors (Lipinski definition) is 2. The number of anilines is 1. The highest BCUT2D eigenvalue weighted by molar-refractivity contribution is 5.96. The van der Waals surface area contributed by atoms with Crippen molar-refractivity contribution in [1.82, 2.24) is 9.78 Å². The zero-order valence-electron chi connectivity index (χ0n) is 18.8. The Labute approximate surface area is 189 Å². The summed E-state index contributed by atoms with van der Waals surface area (Å²) < 4.78 is 1.98. The van der Waals surface area contributed by atoms with Gasteiger partial charge in [0.1, 0.15) is 6.54 Å². The van der Waals surface area contributed by atoms with Crippen LogP contribution in [0.5, 0.6) is 0 Å². The summed E-state index contributed by atoms with van der Waals surface area (Å²) in [5.74, 6) is -0.00311. The average Bonchev–Trinajstić information content (AvgIpc) is 3.09. The van der Waals surface area contributed by atoms with Gasteiger partial charge in [-0.25, -0.2) is 4.68 Å². The molecule has 0 fully saturated rings. The van der Waals surface area contributed by atoms with Crippen molar-refractivity contribution in [2.75, 3.05) is 18.9 Å². The molecule has 0 spiro atoms. The van der Waals surface area contributed by atoms with Crippen molar-refractivity contribution in [1.29, 1.82) is 0 Å². The van der Waals surface area contributed by atoms with Crippen molar-refractivity contribution < 1.29 is 9.69 Å². The highest BCUT2D eigenvalue weighted by atomic mass is 16.2. The first-order valence-electron chi connectivity index (χ1n) is 10.9. The van der Waals surface area contributed by atoms with Crippen LogP contribution in [0.3, 0.4) is 0 Å². The maximum atomic E-state index is 12.8. The molecular weight excluding hydrogens is 396 g/mol. The van der Waals surface area contributed by atoms with E-state index in [1.165, 1.54) is 5.56 Å². The Morgan fingerprint density at radius 1 is 0.906 bits per heavy atom. The number of carbonyl (C=O) groups excluding carboxylic acids is 1. The predicted octanol–water partition coefficient (Wildman–Crippen LogP) is 3.81. The molecule has 0 aliphatic rings. The number of carbonyl (C=O) groups is 1. The molecule has 0 aliphatic heterocycles. The summed E-state index contributed by atoms with van der Waals surface area (Å²) in [5, 5.41) is 7.83. The average molecular weight is 426 g/mol. The van der Waals surface area contributed by atoms with E-state index >= 15 is 0 Å². The first-order valence-corrected chi connectivity index (χ1v) is 10.9. The number of rotatable bonds is 7. The summed E-state index contributed by atoms with van der Waals surface area (Å²) >= 11 is 0. The molecule has 1 heterocycles. The lowest BCUT2D eigenvalue weighted by Crippen LogP contribution is -3.08. The van der Waals surface area contributed by atoms with Gasteiger partial charge in [0, 0.05) is 11.3 Å². The van der Waals surface area contributed by atoms with Gasteiger partial charge < -0.3 is 10.2 Å². The maximum absolute atomic E-state index is 12.8. The molecule has 3 aromatic carbocycles. The van der Waals surface area contributed by atoms with Crippen LogP contribution in [0.2, 0.25) is 0 Å². The van der Waals surface area contributed by atoms with Crippen molar-refractivity contribution in [2.24, 2.45) is 0 Å². The van der Waals surface area contributed by atoms with Crippen molar-refractivity contribution in [3.63, 3.8) is 0 Å². The molecule has 162 valence electrons. The summed E-state index contributed by atoms with van der Waals surface area (Å²) in [6.45, 7) is 5.23. The fraction of sp³-hybridized carbons (Fsp3) is 0.185. The molecule has 4 aromatic rings. The second kappa shape index (κ2) is 9.62. The van der Waals surface area contributed by atoms with Crippen LogP contribution >= 0.6 is 0 Å². The summed E-state index contributed by atoms with van der Waals surface area (Å²) in [5.41, 5.74) is 7.29. The third-order valence-corrected chi connectivity index (χ3v) is 5.67. The normalized spacial score (nSPS) is 11.8. The fourth-order valence-corrected chi connectivity index (χ4v) is 4.05. The number of benzene rings is 3. The number of quaternary nitrogens is 1. The van der Waals surface area contributed by atoms with E-state index in [-0.39, 0.29) is 5.91 Å². The van der Waals surface area contributed by atoms with Gasteiger partial charge in [-0.15, -0.1) is 0 Å². The van der Waals surface area contributed by atoms with Crippen LogP contribution in [-0.2, 0) is 11.3 Å². The van der Waals surface area contributed by atoms with Crippen LogP contribution in [0.4, 0.5) is 5.69 Å². The molecule has 0 radical (unpaired) electrons. The first kappa shape index (κ1) is 21.5. The third kappa shape index (κ3) is 4.79. The Hall–Kier alpha value is -3.70. The number of aromatic nitrogens is 2. The predicted molar refractivity (Wildman–Crippen MR) is 129 cm³/mol. The SMILES string of the molecule is Cc1nn(-c2ccccc2)c(C)c1C[NH+](C)CC(=O)Nc1ccccc1-c1ccccc1. The zero-order chi connectivity index (χ0) is 22.5. The second-order valence-electron chi connectivity index (χ2n) is 8.17. The smallest absolute Gasteiger partial charge is 0.279 e. The highest BCUT2D eigenvalue weighted by Gasteiger charge is 2.19. The van der Waals surface area contributed by atoms with Crippen LogP contribution in [0, 0.1) is 13.8 Å². The summed E-state index contributed by atoms with van der Waals surface area (Å²) in [6, 6.07) is 28.2. The molecule has 5 heteroatoms. The van der Waals surface area contributed by atoms with Crippen molar-refractivity contribution >= 4 is 11.6 Å². The molecule has 1 atom stereocenters. The lowest BCUT2D eigenvalue weighted by Gasteiger charge is -2.16. The van der Waals surface area contributed by atoms with Gasteiger partial charge in [-0.05, 0) is 37.6 Å². The van der Waals surface area contributed by atoms with E-state index in [2.05, 4.69) is 36.5 Å². The van der Waals surface area contributed by atoms with Gasteiger partial charge in [-0.1, -0.05) is 66.7 Å². The number of para-hydroxylation sites is 2. The van der Waals surface area contributed by atoms with E-state index in [4.69, 9.17) is 5.10 Å². The summed E-state index contributed by atoms with van der Waals surface area (Å²) in [4.78, 5) is 14.0. The van der Waals surface area contributed by atoms with Crippen molar-refractivity contribution in [2.45, 2.75) is 20.4 Å². The molecular formula is C27H29N4O+. The Kier molecular flexibility index (Phi) is 6.47. The summed E-state index contributed by atoms with van der Waals surface area (Å²) in [7, 11) is 2.04. The molecule has 0 saturated carbocycles. The quantitative estimate of drug-likeness (QED) is 0.473. The third-order valence-electron chi connectivity index (χ3n) is 5.67. The molecule has 0 bridgehead atoms. The van der Waals surface area contributed by atoms with Crippen LogP contribution in [-0.4, -0.2) is 29.3 Å². The number of hydrogen-bond acceptors (Lipinski definition) is 2. The fourth-order valence-electron chi connectivity index (χ4n) is 4.05.